The molecule has 1 aliphatic heterocycles. The average molecular weight is 443 g/mol. The van der Waals surface area contributed by atoms with Crippen molar-refractivity contribution < 1.29 is 9.21 Å². The van der Waals surface area contributed by atoms with Crippen molar-refractivity contribution in [2.24, 2.45) is 0 Å². The minimum Gasteiger partial charge on any atom is -0.416 e. The quantitative estimate of drug-likeness (QED) is 0.504. The Hall–Kier alpha value is -1.93. The molecule has 1 aliphatic carbocycles. The Kier molecular flexibility index (Phi) is 6.04. The molecule has 0 unspecified atom stereocenters. The number of hydrogen-bond acceptors (Lipinski definition) is 7. The second-order valence-corrected chi connectivity index (χ2v) is 10.2. The molecule has 1 saturated heterocycles. The second kappa shape index (κ2) is 9.06. The maximum absolute atomic E-state index is 12.8. The zero-order chi connectivity index (χ0) is 20.3. The molecule has 2 aromatic heterocycles. The van der Waals surface area contributed by atoms with Crippen molar-refractivity contribution in [2.75, 3.05) is 18.8 Å². The van der Waals surface area contributed by atoms with Gasteiger partial charge in [-0.05, 0) is 37.8 Å². The van der Waals surface area contributed by atoms with Gasteiger partial charge in [-0.3, -0.25) is 4.79 Å². The minimum absolute atomic E-state index is 0.142. The topological polar surface area (TPSA) is 72.1 Å². The highest BCUT2D eigenvalue weighted by molar-refractivity contribution is 7.99. The average Bonchev–Trinajstić information content (AvgIpc) is 3.45. The summed E-state index contributed by atoms with van der Waals surface area (Å²) in [5.41, 5.74) is 1.06. The number of nitrogens with zero attached hydrogens (tertiary/aromatic N) is 4. The molecule has 2 aliphatic rings. The standard InChI is InChI=1S/C22H26N4O2S2/c27-19(14-29-22-25-24-20(28-22)15-7-2-1-3-8-15)26-12-6-9-16(13-26)21-23-17-10-4-5-11-18(17)30-21/h4-5,10-11,15-16H,1-3,6-9,12-14H2/t16-/m0/s1. The predicted molar refractivity (Wildman–Crippen MR) is 119 cm³/mol. The van der Waals surface area contributed by atoms with Gasteiger partial charge in [-0.25, -0.2) is 4.98 Å². The van der Waals surface area contributed by atoms with E-state index in [-0.39, 0.29) is 5.91 Å². The van der Waals surface area contributed by atoms with Gasteiger partial charge in [-0.2, -0.15) is 0 Å². The molecule has 3 heterocycles. The summed E-state index contributed by atoms with van der Waals surface area (Å²) in [4.78, 5) is 19.6. The number of para-hydroxylation sites is 1. The van der Waals surface area contributed by atoms with Crippen LogP contribution in [-0.2, 0) is 4.79 Å². The van der Waals surface area contributed by atoms with Crippen LogP contribution < -0.4 is 0 Å². The van der Waals surface area contributed by atoms with Gasteiger partial charge in [0.2, 0.25) is 11.8 Å². The highest BCUT2D eigenvalue weighted by atomic mass is 32.2. The van der Waals surface area contributed by atoms with Crippen LogP contribution in [0.15, 0.2) is 33.9 Å². The first-order valence-corrected chi connectivity index (χ1v) is 12.7. The summed E-state index contributed by atoms with van der Waals surface area (Å²) in [6.07, 6.45) is 8.14. The number of amides is 1. The van der Waals surface area contributed by atoms with Crippen LogP contribution >= 0.6 is 23.1 Å². The lowest BCUT2D eigenvalue weighted by Crippen LogP contribution is -2.40. The van der Waals surface area contributed by atoms with Gasteiger partial charge in [0.1, 0.15) is 0 Å². The maximum Gasteiger partial charge on any atom is 0.277 e. The fourth-order valence-corrected chi connectivity index (χ4v) is 6.24. The van der Waals surface area contributed by atoms with Gasteiger partial charge in [0.25, 0.3) is 5.22 Å². The van der Waals surface area contributed by atoms with Crippen molar-refractivity contribution in [1.29, 1.82) is 0 Å². The molecule has 1 atom stereocenters. The number of benzene rings is 1. The van der Waals surface area contributed by atoms with Gasteiger partial charge in [-0.15, -0.1) is 21.5 Å². The Morgan fingerprint density at radius 1 is 1.10 bits per heavy atom. The third-order valence-corrected chi connectivity index (χ3v) is 8.13. The van der Waals surface area contributed by atoms with Crippen LogP contribution in [0.1, 0.15) is 67.7 Å². The summed E-state index contributed by atoms with van der Waals surface area (Å²) >= 11 is 3.12. The molecule has 0 spiro atoms. The number of rotatable bonds is 5. The molecule has 1 aromatic carbocycles. The van der Waals surface area contributed by atoms with Crippen LogP contribution in [0, 0.1) is 0 Å². The summed E-state index contributed by atoms with van der Waals surface area (Å²) in [7, 11) is 0. The van der Waals surface area contributed by atoms with E-state index in [1.807, 2.05) is 11.0 Å². The fraction of sp³-hybridized carbons (Fsp3) is 0.545. The number of fused-ring (bicyclic) bond motifs is 1. The van der Waals surface area contributed by atoms with E-state index in [4.69, 9.17) is 9.40 Å². The van der Waals surface area contributed by atoms with E-state index >= 15 is 0 Å². The minimum atomic E-state index is 0.142. The van der Waals surface area contributed by atoms with E-state index in [1.165, 1.54) is 35.7 Å². The van der Waals surface area contributed by atoms with Crippen LogP contribution in [0.3, 0.4) is 0 Å². The van der Waals surface area contributed by atoms with E-state index in [0.717, 1.165) is 55.2 Å². The number of carbonyl (C=O) groups excluding carboxylic acids is 1. The summed E-state index contributed by atoms with van der Waals surface area (Å²) in [5, 5.41) is 10.1. The van der Waals surface area contributed by atoms with Crippen molar-refractivity contribution in [3.8, 4) is 0 Å². The van der Waals surface area contributed by atoms with Gasteiger partial charge < -0.3 is 9.32 Å². The second-order valence-electron chi connectivity index (χ2n) is 8.23. The molecule has 0 N–H and O–H groups in total. The molecule has 158 valence electrons. The Bertz CT molecular complexity index is 978. The molecule has 8 heteroatoms. The lowest BCUT2D eigenvalue weighted by Gasteiger charge is -2.31. The lowest BCUT2D eigenvalue weighted by atomic mass is 9.89. The van der Waals surface area contributed by atoms with E-state index in [0.29, 0.717) is 22.8 Å². The molecule has 2 fully saturated rings. The fourth-order valence-electron chi connectivity index (χ4n) is 4.48. The molecule has 5 rings (SSSR count). The summed E-state index contributed by atoms with van der Waals surface area (Å²) in [6.45, 7) is 1.56. The van der Waals surface area contributed by atoms with Crippen molar-refractivity contribution in [3.05, 3.63) is 35.2 Å². The van der Waals surface area contributed by atoms with Crippen LogP contribution in [-0.4, -0.2) is 44.8 Å². The number of likely N-dealkylation sites (tertiary alicyclic amines) is 1. The Balaban J connectivity index is 1.17. The predicted octanol–water partition coefficient (Wildman–Crippen LogP) is 5.23. The van der Waals surface area contributed by atoms with Crippen LogP contribution in [0.5, 0.6) is 0 Å². The van der Waals surface area contributed by atoms with E-state index < -0.39 is 0 Å². The summed E-state index contributed by atoms with van der Waals surface area (Å²) in [5.74, 6) is 1.96. The third-order valence-electron chi connectivity index (χ3n) is 6.13. The Labute approximate surface area is 184 Å². The zero-order valence-corrected chi connectivity index (χ0v) is 18.6. The van der Waals surface area contributed by atoms with Crippen molar-refractivity contribution in [2.45, 2.75) is 62.0 Å². The number of carbonyl (C=O) groups is 1. The zero-order valence-electron chi connectivity index (χ0n) is 17.0. The SMILES string of the molecule is O=C(CSc1nnc(C2CCCCC2)o1)N1CCC[C@H](c2nc3ccccc3s2)C1. The molecule has 1 amide bonds. The highest BCUT2D eigenvalue weighted by Crippen LogP contribution is 2.34. The third kappa shape index (κ3) is 4.39. The van der Waals surface area contributed by atoms with E-state index in [2.05, 4.69) is 28.4 Å². The van der Waals surface area contributed by atoms with Gasteiger partial charge in [0.05, 0.1) is 21.0 Å². The lowest BCUT2D eigenvalue weighted by molar-refractivity contribution is -0.129. The van der Waals surface area contributed by atoms with Gasteiger partial charge >= 0.3 is 0 Å². The highest BCUT2D eigenvalue weighted by Gasteiger charge is 2.27. The number of thiazole rings is 1. The molecule has 0 bridgehead atoms. The largest absolute Gasteiger partial charge is 0.416 e. The molecule has 3 aromatic rings. The van der Waals surface area contributed by atoms with Gasteiger partial charge in [-0.1, -0.05) is 43.2 Å². The van der Waals surface area contributed by atoms with E-state index in [1.54, 1.807) is 11.3 Å². The molecule has 30 heavy (non-hydrogen) atoms. The van der Waals surface area contributed by atoms with Crippen molar-refractivity contribution in [1.82, 2.24) is 20.1 Å². The van der Waals surface area contributed by atoms with Crippen LogP contribution in [0.4, 0.5) is 0 Å². The summed E-state index contributed by atoms with van der Waals surface area (Å²) in [6, 6.07) is 8.25. The Morgan fingerprint density at radius 3 is 2.80 bits per heavy atom. The van der Waals surface area contributed by atoms with Crippen molar-refractivity contribution in [3.63, 3.8) is 0 Å². The monoisotopic (exact) mass is 442 g/mol. The Morgan fingerprint density at radius 2 is 1.93 bits per heavy atom. The first-order chi connectivity index (χ1) is 14.8. The molecule has 0 radical (unpaired) electrons. The number of hydrogen-bond donors (Lipinski definition) is 0. The molecular weight excluding hydrogens is 416 g/mol. The number of piperidine rings is 1. The van der Waals surface area contributed by atoms with Crippen LogP contribution in [0.2, 0.25) is 0 Å². The first-order valence-electron chi connectivity index (χ1n) is 10.9. The molecule has 1 saturated carbocycles. The van der Waals surface area contributed by atoms with E-state index in [9.17, 15) is 4.79 Å². The number of aromatic nitrogens is 3. The summed E-state index contributed by atoms with van der Waals surface area (Å²) < 4.78 is 7.07. The van der Waals surface area contributed by atoms with Crippen LogP contribution in [0.25, 0.3) is 10.2 Å². The maximum atomic E-state index is 12.8. The molecule has 6 nitrogen and oxygen atoms in total. The van der Waals surface area contributed by atoms with Gasteiger partial charge in [0, 0.05) is 24.9 Å². The smallest absolute Gasteiger partial charge is 0.277 e. The van der Waals surface area contributed by atoms with Crippen molar-refractivity contribution >= 4 is 39.2 Å². The van der Waals surface area contributed by atoms with Gasteiger partial charge in [0.15, 0.2) is 0 Å². The first kappa shape index (κ1) is 20.0. The normalized spacial score (nSPS) is 20.7. The molecular formula is C22H26N4O2S2. The number of thioether (sulfide) groups is 1.